The Bertz CT molecular complexity index is 937. The van der Waals surface area contributed by atoms with Crippen molar-refractivity contribution in [3.63, 3.8) is 0 Å². The van der Waals surface area contributed by atoms with Crippen LogP contribution in [0.15, 0.2) is 12.2 Å². The van der Waals surface area contributed by atoms with Gasteiger partial charge in [-0.25, -0.2) is 0 Å². The first kappa shape index (κ1) is 83.7. The van der Waals surface area contributed by atoms with Crippen molar-refractivity contribution < 1.29 is 175 Å². The number of unbranched alkanes of at least 4 members (excludes halogenated alkanes) is 30. The van der Waals surface area contributed by atoms with Gasteiger partial charge in [0.1, 0.15) is 0 Å². The molecule has 0 fully saturated rings. The average molecular weight is 991 g/mol. The molecule has 0 aliphatic rings. The molecule has 0 amide bonds. The van der Waals surface area contributed by atoms with Crippen molar-refractivity contribution in [3.05, 3.63) is 12.2 Å². The summed E-state index contributed by atoms with van der Waals surface area (Å²) >= 11 is 0. The molecule has 0 unspecified atom stereocenters. The Kier molecular flexibility index (Phi) is 88.9. The van der Waals surface area contributed by atoms with E-state index in [4.69, 9.17) is 0 Å². The van der Waals surface area contributed by atoms with Gasteiger partial charge in [-0.3, -0.25) is 0 Å². The summed E-state index contributed by atoms with van der Waals surface area (Å²) in [5, 5.41) is 0. The van der Waals surface area contributed by atoms with Crippen molar-refractivity contribution in [2.24, 2.45) is 0 Å². The standard InChI is InChI=1S/C18H37O4P.2C12H27O4P.Mg.4Na/c1-2-3-4-5-6-7-8-9-10-11-12-13-14-15-16-17-18-22-23(19,20)21;2*1-2-3-4-5-6-7-8-9-10-11-12-16-17(13,14)15;;;;;/h9-10H,2-8,11-18H2,1H3,(H2,19,20,21);2*2-12H2,1H3,(H2,13,14,15);;;;;/q;;;+2;4*+1/p-6. The van der Waals surface area contributed by atoms with E-state index in [1.54, 1.807) is 0 Å². The maximum Gasteiger partial charge on any atom is 2.00 e. The summed E-state index contributed by atoms with van der Waals surface area (Å²) in [6, 6.07) is 0. The third kappa shape index (κ3) is 94.6. The number of phosphoric ester groups is 3. The number of phosphoric acid groups is 3. The van der Waals surface area contributed by atoms with Crippen LogP contribution in [0.25, 0.3) is 0 Å². The van der Waals surface area contributed by atoms with Crippen molar-refractivity contribution in [2.45, 2.75) is 239 Å². The van der Waals surface area contributed by atoms with Gasteiger partial charge in [0.05, 0.1) is 43.3 Å². The van der Waals surface area contributed by atoms with Crippen LogP contribution in [0.5, 0.6) is 0 Å². The Morgan fingerprint density at radius 2 is 0.468 bits per heavy atom. The maximum absolute atomic E-state index is 10.2. The summed E-state index contributed by atoms with van der Waals surface area (Å²) in [7, 11) is -14.2. The van der Waals surface area contributed by atoms with Gasteiger partial charge in [0.2, 0.25) is 0 Å². The van der Waals surface area contributed by atoms with Crippen LogP contribution in [-0.2, 0) is 27.3 Å². The molecule has 346 valence electrons. The molecule has 20 heteroatoms. The van der Waals surface area contributed by atoms with Crippen molar-refractivity contribution >= 4 is 46.5 Å². The molecule has 0 heterocycles. The number of allylic oxidation sites excluding steroid dienone is 2. The van der Waals surface area contributed by atoms with E-state index in [2.05, 4.69) is 46.5 Å². The molecule has 0 spiro atoms. The van der Waals surface area contributed by atoms with Crippen molar-refractivity contribution in [1.82, 2.24) is 0 Å². The van der Waals surface area contributed by atoms with Crippen LogP contribution in [0.4, 0.5) is 0 Å². The fourth-order valence-corrected chi connectivity index (χ4v) is 7.12. The van der Waals surface area contributed by atoms with Gasteiger partial charge < -0.3 is 56.6 Å². The van der Waals surface area contributed by atoms with Gasteiger partial charge in [-0.1, -0.05) is 206 Å². The summed E-state index contributed by atoms with van der Waals surface area (Å²) in [5.41, 5.74) is 0. The Morgan fingerprint density at radius 1 is 0.306 bits per heavy atom. The molecule has 0 aliphatic carbocycles. The zero-order chi connectivity index (χ0) is 43.2. The summed E-state index contributed by atoms with van der Waals surface area (Å²) in [6.07, 6.45) is 44.8. The van der Waals surface area contributed by atoms with Crippen molar-refractivity contribution in [1.29, 1.82) is 0 Å². The van der Waals surface area contributed by atoms with E-state index in [1.807, 2.05) is 0 Å². The smallest absolute Gasteiger partial charge is 0.790 e. The van der Waals surface area contributed by atoms with Crippen molar-refractivity contribution in [2.75, 3.05) is 19.8 Å². The third-order valence-corrected chi connectivity index (χ3v) is 10.9. The van der Waals surface area contributed by atoms with E-state index in [0.29, 0.717) is 19.3 Å². The summed E-state index contributed by atoms with van der Waals surface area (Å²) in [4.78, 5) is 61.0. The Morgan fingerprint density at radius 3 is 0.645 bits per heavy atom. The first-order chi connectivity index (χ1) is 27.2. The zero-order valence-electron chi connectivity index (χ0n) is 41.3. The monoisotopic (exact) mass is 990 g/mol. The van der Waals surface area contributed by atoms with Gasteiger partial charge >= 0.3 is 141 Å². The fraction of sp³-hybridized carbons (Fsp3) is 0.952. The van der Waals surface area contributed by atoms with Gasteiger partial charge in [-0.2, -0.15) is 0 Å². The van der Waals surface area contributed by atoms with Crippen LogP contribution in [0, 0.1) is 0 Å². The third-order valence-electron chi connectivity index (χ3n) is 9.40. The molecule has 0 atom stereocenters. The van der Waals surface area contributed by atoms with Gasteiger partial charge in [-0.15, -0.1) is 0 Å². The van der Waals surface area contributed by atoms with Crippen LogP contribution >= 0.6 is 23.5 Å². The first-order valence-corrected chi connectivity index (χ1v) is 27.2. The average Bonchev–Trinajstić information content (AvgIpc) is 3.13. The zero-order valence-corrected chi connectivity index (χ0v) is 53.4. The van der Waals surface area contributed by atoms with E-state index in [9.17, 15) is 43.1 Å². The van der Waals surface area contributed by atoms with Gasteiger partial charge in [0.25, 0.3) is 0 Å². The van der Waals surface area contributed by atoms with E-state index in [-0.39, 0.29) is 161 Å². The predicted octanol–water partition coefficient (Wildman–Crippen LogP) is -1.99. The Labute approximate surface area is 486 Å². The molecule has 0 aromatic heterocycles. The van der Waals surface area contributed by atoms with E-state index < -0.39 is 23.5 Å². The van der Waals surface area contributed by atoms with Crippen LogP contribution in [-0.4, -0.2) is 42.9 Å². The first-order valence-electron chi connectivity index (χ1n) is 22.8. The molecular weight excluding hydrogens is 906 g/mol. The summed E-state index contributed by atoms with van der Waals surface area (Å²) < 4.78 is 43.0. The summed E-state index contributed by atoms with van der Waals surface area (Å²) in [5.74, 6) is 0. The molecule has 0 aliphatic heterocycles. The van der Waals surface area contributed by atoms with Crippen LogP contribution in [0.3, 0.4) is 0 Å². The van der Waals surface area contributed by atoms with Gasteiger partial charge in [0, 0.05) is 0 Å². The van der Waals surface area contributed by atoms with Gasteiger partial charge in [-0.05, 0) is 44.9 Å². The maximum atomic E-state index is 10.2. The normalized spacial score (nSPS) is 11.1. The number of rotatable bonds is 41. The van der Waals surface area contributed by atoms with Crippen LogP contribution in [0.2, 0.25) is 0 Å². The molecule has 0 N–H and O–H groups in total. The second-order valence-corrected chi connectivity index (χ2v) is 18.6. The van der Waals surface area contributed by atoms with E-state index in [0.717, 1.165) is 51.4 Å². The van der Waals surface area contributed by atoms with Crippen LogP contribution < -0.4 is 148 Å². The predicted molar refractivity (Wildman–Crippen MR) is 230 cm³/mol. The topological polar surface area (TPSA) is 217 Å². The molecular formula is C42H85MgNa4O12P3. The minimum Gasteiger partial charge on any atom is -0.790 e. The second-order valence-electron chi connectivity index (χ2n) is 15.1. The molecule has 0 saturated carbocycles. The molecule has 12 nitrogen and oxygen atoms in total. The van der Waals surface area contributed by atoms with E-state index in [1.165, 1.54) is 148 Å². The molecule has 0 rings (SSSR count). The molecule has 0 bridgehead atoms. The molecule has 62 heavy (non-hydrogen) atoms. The quantitative estimate of drug-likeness (QED) is 0.0282. The fourth-order valence-electron chi connectivity index (χ4n) is 6.06. The van der Waals surface area contributed by atoms with Crippen molar-refractivity contribution in [3.8, 4) is 0 Å². The molecule has 0 radical (unpaired) electrons. The second kappa shape index (κ2) is 65.8. The SMILES string of the molecule is CCCCCCCCC=CCCCCCCCCOP(=O)([O-])[O-].CCCCCCCCCCCCOP(=O)([O-])[O-].CCCCCCCCCCCCOP(=O)([O-])[O-].[Mg+2].[Na+].[Na+].[Na+].[Na+]. The largest absolute Gasteiger partial charge is 2.00 e. The van der Waals surface area contributed by atoms with E-state index >= 15 is 0 Å². The van der Waals surface area contributed by atoms with Gasteiger partial charge in [0.15, 0.2) is 0 Å². The molecule has 0 saturated heterocycles. The van der Waals surface area contributed by atoms with Crippen LogP contribution in [0.1, 0.15) is 239 Å². The summed E-state index contributed by atoms with van der Waals surface area (Å²) in [6.45, 7) is 6.79. The minimum atomic E-state index is -4.76. The Hall–Kier alpha value is 4.84. The Balaban J connectivity index is -0.000000115. The minimum absolute atomic E-state index is 0. The molecule has 0 aromatic rings. The number of hydrogen-bond acceptors (Lipinski definition) is 12. The molecule has 0 aromatic carbocycles. The number of hydrogen-bond donors (Lipinski definition) is 0.